The molecule has 0 saturated carbocycles. The van der Waals surface area contributed by atoms with Gasteiger partial charge in [0.2, 0.25) is 5.91 Å². The van der Waals surface area contributed by atoms with Gasteiger partial charge in [0.15, 0.2) is 6.61 Å². The van der Waals surface area contributed by atoms with Gasteiger partial charge in [-0.2, -0.15) is 0 Å². The van der Waals surface area contributed by atoms with Crippen LogP contribution in [0.1, 0.15) is 30.5 Å². The maximum Gasteiger partial charge on any atom is 0.261 e. The SMILES string of the molecule is CCNC(=O)[C@H](Cc1ccccc1)N(Cc1ccccc1Cl)C(=O)COc1ccc(CC)cc1Br. The number of halogens is 2. The molecule has 0 bridgehead atoms. The van der Waals surface area contributed by atoms with Crippen LogP contribution in [0.4, 0.5) is 0 Å². The van der Waals surface area contributed by atoms with Crippen molar-refractivity contribution in [3.8, 4) is 5.75 Å². The Labute approximate surface area is 220 Å². The lowest BCUT2D eigenvalue weighted by Gasteiger charge is -2.31. The zero-order valence-electron chi connectivity index (χ0n) is 20.0. The standard InChI is InChI=1S/C28H30BrClN2O3/c1-3-20-14-15-26(23(29)16-20)35-19-27(33)32(18-22-12-8-9-13-24(22)30)25(28(34)31-4-2)17-21-10-6-5-7-11-21/h5-16,25H,3-4,17-19H2,1-2H3,(H,31,34)/t25-/m0/s1. The van der Waals surface area contributed by atoms with Gasteiger partial charge in [-0.15, -0.1) is 0 Å². The van der Waals surface area contributed by atoms with E-state index >= 15 is 0 Å². The van der Waals surface area contributed by atoms with Crippen molar-refractivity contribution in [1.29, 1.82) is 0 Å². The fourth-order valence-electron chi connectivity index (χ4n) is 3.76. The summed E-state index contributed by atoms with van der Waals surface area (Å²) < 4.78 is 6.67. The van der Waals surface area contributed by atoms with E-state index in [0.717, 1.165) is 27.6 Å². The molecular formula is C28H30BrClN2O3. The van der Waals surface area contributed by atoms with Crippen LogP contribution in [0.3, 0.4) is 0 Å². The Balaban J connectivity index is 1.90. The van der Waals surface area contributed by atoms with Crippen molar-refractivity contribution in [3.63, 3.8) is 0 Å². The van der Waals surface area contributed by atoms with Gasteiger partial charge in [0.1, 0.15) is 11.8 Å². The molecule has 0 aromatic heterocycles. The van der Waals surface area contributed by atoms with Crippen LogP contribution in [0.25, 0.3) is 0 Å². The number of benzene rings is 3. The molecule has 3 aromatic rings. The molecule has 184 valence electrons. The number of rotatable bonds is 11. The predicted octanol–water partition coefficient (Wildman–Crippen LogP) is 5.82. The molecule has 2 amide bonds. The van der Waals surface area contributed by atoms with Gasteiger partial charge in [0.25, 0.3) is 5.91 Å². The average Bonchev–Trinajstić information content (AvgIpc) is 2.87. The van der Waals surface area contributed by atoms with Crippen LogP contribution < -0.4 is 10.1 Å². The third-order valence-corrected chi connectivity index (χ3v) is 6.66. The van der Waals surface area contributed by atoms with Crippen LogP contribution >= 0.6 is 27.5 Å². The third kappa shape index (κ3) is 7.58. The minimum atomic E-state index is -0.726. The summed E-state index contributed by atoms with van der Waals surface area (Å²) in [6.45, 7) is 4.38. The first-order valence-corrected chi connectivity index (χ1v) is 12.9. The number of nitrogens with one attached hydrogen (secondary N) is 1. The number of hydrogen-bond donors (Lipinski definition) is 1. The second-order valence-corrected chi connectivity index (χ2v) is 9.38. The van der Waals surface area contributed by atoms with E-state index < -0.39 is 6.04 Å². The first-order chi connectivity index (χ1) is 16.9. The molecule has 0 spiro atoms. The number of ether oxygens (including phenoxy) is 1. The zero-order valence-corrected chi connectivity index (χ0v) is 22.3. The highest BCUT2D eigenvalue weighted by atomic mass is 79.9. The Morgan fingerprint density at radius 1 is 1.00 bits per heavy atom. The van der Waals surface area contributed by atoms with Gasteiger partial charge in [0, 0.05) is 24.5 Å². The molecule has 0 aliphatic carbocycles. The van der Waals surface area contributed by atoms with Gasteiger partial charge >= 0.3 is 0 Å². The molecular weight excluding hydrogens is 528 g/mol. The fraction of sp³-hybridized carbons (Fsp3) is 0.286. The van der Waals surface area contributed by atoms with Crippen LogP contribution in [0.2, 0.25) is 5.02 Å². The minimum Gasteiger partial charge on any atom is -0.483 e. The molecule has 0 aliphatic rings. The number of likely N-dealkylation sites (N-methyl/N-ethyl adjacent to an activating group) is 1. The van der Waals surface area contributed by atoms with E-state index in [9.17, 15) is 9.59 Å². The van der Waals surface area contributed by atoms with E-state index in [1.54, 1.807) is 11.0 Å². The largest absolute Gasteiger partial charge is 0.483 e. The van der Waals surface area contributed by atoms with Gasteiger partial charge < -0.3 is 15.0 Å². The Kier molecular flexibility index (Phi) is 10.2. The van der Waals surface area contributed by atoms with Gasteiger partial charge in [-0.05, 0) is 64.2 Å². The molecule has 3 aromatic carbocycles. The van der Waals surface area contributed by atoms with Crippen molar-refractivity contribution >= 4 is 39.3 Å². The van der Waals surface area contributed by atoms with E-state index in [4.69, 9.17) is 16.3 Å². The number of carbonyl (C=O) groups excluding carboxylic acids is 2. The van der Waals surface area contributed by atoms with Crippen molar-refractivity contribution in [2.45, 2.75) is 39.3 Å². The van der Waals surface area contributed by atoms with Crippen molar-refractivity contribution in [2.75, 3.05) is 13.2 Å². The lowest BCUT2D eigenvalue weighted by molar-refractivity contribution is -0.142. The second kappa shape index (κ2) is 13.3. The lowest BCUT2D eigenvalue weighted by Crippen LogP contribution is -2.51. The van der Waals surface area contributed by atoms with Gasteiger partial charge in [-0.25, -0.2) is 0 Å². The monoisotopic (exact) mass is 556 g/mol. The van der Waals surface area contributed by atoms with Crippen molar-refractivity contribution < 1.29 is 14.3 Å². The normalized spacial score (nSPS) is 11.5. The summed E-state index contributed by atoms with van der Waals surface area (Å²) in [5.74, 6) is 0.0553. The summed E-state index contributed by atoms with van der Waals surface area (Å²) >= 11 is 9.95. The van der Waals surface area contributed by atoms with Crippen molar-refractivity contribution in [1.82, 2.24) is 10.2 Å². The zero-order chi connectivity index (χ0) is 25.2. The number of aryl methyl sites for hydroxylation is 1. The van der Waals surface area contributed by atoms with Crippen LogP contribution in [-0.2, 0) is 29.0 Å². The molecule has 5 nitrogen and oxygen atoms in total. The third-order valence-electron chi connectivity index (χ3n) is 5.68. The predicted molar refractivity (Wildman–Crippen MR) is 144 cm³/mol. The quantitative estimate of drug-likeness (QED) is 0.323. The second-order valence-electron chi connectivity index (χ2n) is 8.12. The summed E-state index contributed by atoms with van der Waals surface area (Å²) in [5.41, 5.74) is 2.88. The molecule has 3 rings (SSSR count). The molecule has 0 heterocycles. The first kappa shape index (κ1) is 26.8. The van der Waals surface area contributed by atoms with Gasteiger partial charge in [-0.1, -0.05) is 73.1 Å². The summed E-state index contributed by atoms with van der Waals surface area (Å²) in [6, 6.07) is 22.1. The maximum absolute atomic E-state index is 13.6. The van der Waals surface area contributed by atoms with Gasteiger partial charge in [0.05, 0.1) is 4.47 Å². The van der Waals surface area contributed by atoms with Crippen LogP contribution in [0.15, 0.2) is 77.3 Å². The fourth-order valence-corrected chi connectivity index (χ4v) is 4.50. The van der Waals surface area contributed by atoms with E-state index in [1.165, 1.54) is 0 Å². The van der Waals surface area contributed by atoms with Crippen molar-refractivity contribution in [3.05, 3.63) is 99.0 Å². The number of nitrogens with zero attached hydrogens (tertiary/aromatic N) is 1. The average molecular weight is 558 g/mol. The molecule has 0 unspecified atom stereocenters. The Morgan fingerprint density at radius 2 is 1.71 bits per heavy atom. The highest BCUT2D eigenvalue weighted by molar-refractivity contribution is 9.10. The van der Waals surface area contributed by atoms with Crippen LogP contribution in [0, 0.1) is 0 Å². The Morgan fingerprint density at radius 3 is 2.37 bits per heavy atom. The van der Waals surface area contributed by atoms with Crippen molar-refractivity contribution in [2.24, 2.45) is 0 Å². The van der Waals surface area contributed by atoms with E-state index in [1.807, 2.05) is 73.7 Å². The van der Waals surface area contributed by atoms with E-state index in [-0.39, 0.29) is 25.0 Å². The summed E-state index contributed by atoms with van der Waals surface area (Å²) in [4.78, 5) is 28.3. The summed E-state index contributed by atoms with van der Waals surface area (Å²) in [7, 11) is 0. The lowest BCUT2D eigenvalue weighted by atomic mass is 10.0. The van der Waals surface area contributed by atoms with Gasteiger partial charge in [-0.3, -0.25) is 9.59 Å². The smallest absolute Gasteiger partial charge is 0.261 e. The number of hydrogen-bond acceptors (Lipinski definition) is 3. The summed E-state index contributed by atoms with van der Waals surface area (Å²) in [6.07, 6.45) is 1.27. The molecule has 1 atom stereocenters. The topological polar surface area (TPSA) is 58.6 Å². The molecule has 0 fully saturated rings. The molecule has 0 saturated heterocycles. The Hall–Kier alpha value is -2.83. The minimum absolute atomic E-state index is 0.187. The number of amides is 2. The molecule has 35 heavy (non-hydrogen) atoms. The Bertz CT molecular complexity index is 1140. The van der Waals surface area contributed by atoms with E-state index in [0.29, 0.717) is 23.7 Å². The van der Waals surface area contributed by atoms with Crippen LogP contribution in [-0.4, -0.2) is 35.9 Å². The van der Waals surface area contributed by atoms with E-state index in [2.05, 4.69) is 28.2 Å². The molecule has 0 aliphatic heterocycles. The molecule has 7 heteroatoms. The maximum atomic E-state index is 13.6. The van der Waals surface area contributed by atoms with Crippen LogP contribution in [0.5, 0.6) is 5.75 Å². The number of carbonyl (C=O) groups is 2. The highest BCUT2D eigenvalue weighted by Gasteiger charge is 2.31. The summed E-state index contributed by atoms with van der Waals surface area (Å²) in [5, 5.41) is 3.42. The first-order valence-electron chi connectivity index (χ1n) is 11.7. The molecule has 0 radical (unpaired) electrons. The highest BCUT2D eigenvalue weighted by Crippen LogP contribution is 2.27. The molecule has 1 N–H and O–H groups in total.